The summed E-state index contributed by atoms with van der Waals surface area (Å²) in [6, 6.07) is 9.48. The average molecular weight is 314 g/mol. The summed E-state index contributed by atoms with van der Waals surface area (Å²) in [5.74, 6) is -1.14. The van der Waals surface area contributed by atoms with E-state index >= 15 is 0 Å². The average Bonchev–Trinajstić information content (AvgIpc) is 2.97. The smallest absolute Gasteiger partial charge is 0.255 e. The first kappa shape index (κ1) is 14.8. The molecule has 0 aliphatic carbocycles. The molecule has 0 saturated heterocycles. The Balaban J connectivity index is 1.81. The van der Waals surface area contributed by atoms with E-state index in [0.29, 0.717) is 11.4 Å². The minimum atomic E-state index is -0.698. The fourth-order valence-corrected chi connectivity index (χ4v) is 2.11. The van der Waals surface area contributed by atoms with Crippen LogP contribution in [-0.4, -0.2) is 20.7 Å². The van der Waals surface area contributed by atoms with Gasteiger partial charge in [0, 0.05) is 17.3 Å². The number of anilines is 1. The van der Waals surface area contributed by atoms with E-state index in [1.54, 1.807) is 42.1 Å². The van der Waals surface area contributed by atoms with E-state index in [0.717, 1.165) is 23.9 Å². The monoisotopic (exact) mass is 314 g/mol. The van der Waals surface area contributed by atoms with Crippen molar-refractivity contribution in [1.29, 1.82) is 0 Å². The van der Waals surface area contributed by atoms with Gasteiger partial charge in [0.2, 0.25) is 0 Å². The van der Waals surface area contributed by atoms with Crippen LogP contribution in [0.5, 0.6) is 0 Å². The molecule has 7 heteroatoms. The molecular weight excluding hydrogens is 302 g/mol. The Hall–Kier alpha value is -3.09. The number of amides is 1. The van der Waals surface area contributed by atoms with Gasteiger partial charge in [-0.15, -0.1) is 10.2 Å². The molecule has 0 atom stereocenters. The zero-order chi connectivity index (χ0) is 16.4. The quantitative estimate of drug-likeness (QED) is 0.808. The normalized spacial score (nSPS) is 10.6. The van der Waals surface area contributed by atoms with Crippen LogP contribution in [-0.2, 0) is 0 Å². The van der Waals surface area contributed by atoms with Crippen molar-refractivity contribution in [2.24, 2.45) is 0 Å². The highest BCUT2D eigenvalue weighted by molar-refractivity contribution is 6.04. The van der Waals surface area contributed by atoms with Gasteiger partial charge in [-0.25, -0.2) is 8.78 Å². The SMILES string of the molecule is Cc1nncn1-c1ccc(C(=O)Nc2cc(F)ccc2F)cc1. The topological polar surface area (TPSA) is 59.8 Å². The second-order valence-corrected chi connectivity index (χ2v) is 4.87. The van der Waals surface area contributed by atoms with Crippen LogP contribution in [0.1, 0.15) is 16.2 Å². The zero-order valence-corrected chi connectivity index (χ0v) is 12.1. The highest BCUT2D eigenvalue weighted by Gasteiger charge is 2.11. The van der Waals surface area contributed by atoms with Gasteiger partial charge >= 0.3 is 0 Å². The number of nitrogens with one attached hydrogen (secondary N) is 1. The van der Waals surface area contributed by atoms with Crippen molar-refractivity contribution >= 4 is 11.6 Å². The van der Waals surface area contributed by atoms with Crippen molar-refractivity contribution in [1.82, 2.24) is 14.8 Å². The lowest BCUT2D eigenvalue weighted by molar-refractivity contribution is 0.102. The molecule has 3 aromatic rings. The van der Waals surface area contributed by atoms with Gasteiger partial charge < -0.3 is 5.32 Å². The summed E-state index contributed by atoms with van der Waals surface area (Å²) in [6.07, 6.45) is 1.56. The van der Waals surface area contributed by atoms with Crippen molar-refractivity contribution in [3.8, 4) is 5.69 Å². The lowest BCUT2D eigenvalue weighted by atomic mass is 10.2. The molecule has 1 heterocycles. The number of carbonyl (C=O) groups excluding carboxylic acids is 1. The third-order valence-electron chi connectivity index (χ3n) is 3.30. The van der Waals surface area contributed by atoms with Crippen molar-refractivity contribution in [2.45, 2.75) is 6.92 Å². The maximum atomic E-state index is 13.5. The van der Waals surface area contributed by atoms with Crippen molar-refractivity contribution in [3.63, 3.8) is 0 Å². The van der Waals surface area contributed by atoms with E-state index in [-0.39, 0.29) is 5.69 Å². The lowest BCUT2D eigenvalue weighted by Crippen LogP contribution is -2.13. The highest BCUT2D eigenvalue weighted by Crippen LogP contribution is 2.17. The first-order chi connectivity index (χ1) is 11.0. The molecule has 3 rings (SSSR count). The van der Waals surface area contributed by atoms with Gasteiger partial charge in [0.25, 0.3) is 5.91 Å². The molecule has 0 aliphatic heterocycles. The Bertz CT molecular complexity index is 859. The number of aromatic nitrogens is 3. The molecule has 0 bridgehead atoms. The molecule has 1 aromatic heterocycles. The Morgan fingerprint density at radius 1 is 1.13 bits per heavy atom. The summed E-state index contributed by atoms with van der Waals surface area (Å²) in [6.45, 7) is 1.81. The largest absolute Gasteiger partial charge is 0.319 e. The summed E-state index contributed by atoms with van der Waals surface area (Å²) in [5.41, 5.74) is 0.915. The molecule has 0 spiro atoms. The number of benzene rings is 2. The Kier molecular flexibility index (Phi) is 3.84. The third-order valence-corrected chi connectivity index (χ3v) is 3.30. The number of hydrogen-bond acceptors (Lipinski definition) is 3. The van der Waals surface area contributed by atoms with Gasteiger partial charge in [-0.2, -0.15) is 0 Å². The number of rotatable bonds is 3. The van der Waals surface area contributed by atoms with Gasteiger partial charge in [-0.05, 0) is 43.3 Å². The number of aryl methyl sites for hydroxylation is 1. The zero-order valence-electron chi connectivity index (χ0n) is 12.1. The van der Waals surface area contributed by atoms with Crippen LogP contribution >= 0.6 is 0 Å². The van der Waals surface area contributed by atoms with Crippen LogP contribution in [0.4, 0.5) is 14.5 Å². The van der Waals surface area contributed by atoms with Gasteiger partial charge in [0.15, 0.2) is 0 Å². The van der Waals surface area contributed by atoms with E-state index in [9.17, 15) is 13.6 Å². The van der Waals surface area contributed by atoms with Gasteiger partial charge in [-0.3, -0.25) is 9.36 Å². The van der Waals surface area contributed by atoms with E-state index in [1.807, 2.05) is 0 Å². The second kappa shape index (κ2) is 5.96. The maximum Gasteiger partial charge on any atom is 0.255 e. The molecule has 1 amide bonds. The predicted molar refractivity (Wildman–Crippen MR) is 80.4 cm³/mol. The Morgan fingerprint density at radius 3 is 2.52 bits per heavy atom. The van der Waals surface area contributed by atoms with E-state index < -0.39 is 17.5 Å². The standard InChI is InChI=1S/C16H12F2N4O/c1-10-21-19-9-22(10)13-5-2-11(3-6-13)16(23)20-15-8-12(17)4-7-14(15)18/h2-9H,1H3,(H,20,23). The molecule has 0 radical (unpaired) electrons. The Morgan fingerprint density at radius 2 is 1.87 bits per heavy atom. The molecule has 0 unspecified atom stereocenters. The van der Waals surface area contributed by atoms with Crippen molar-refractivity contribution < 1.29 is 13.6 Å². The van der Waals surface area contributed by atoms with Gasteiger partial charge in [-0.1, -0.05) is 0 Å². The number of hydrogen-bond donors (Lipinski definition) is 1. The summed E-state index contributed by atoms with van der Waals surface area (Å²) in [7, 11) is 0. The third kappa shape index (κ3) is 3.08. The molecule has 1 N–H and O–H groups in total. The molecular formula is C16H12F2N4O. The summed E-state index contributed by atoms with van der Waals surface area (Å²) in [4.78, 5) is 12.1. The fourth-order valence-electron chi connectivity index (χ4n) is 2.11. The molecule has 5 nitrogen and oxygen atoms in total. The van der Waals surface area contributed by atoms with Crippen molar-refractivity contribution in [2.75, 3.05) is 5.32 Å². The number of carbonyl (C=O) groups is 1. The van der Waals surface area contributed by atoms with E-state index in [4.69, 9.17) is 0 Å². The van der Waals surface area contributed by atoms with Crippen LogP contribution in [0.15, 0.2) is 48.8 Å². The van der Waals surface area contributed by atoms with Crippen LogP contribution in [0.25, 0.3) is 5.69 Å². The molecule has 116 valence electrons. The van der Waals surface area contributed by atoms with E-state index in [2.05, 4.69) is 15.5 Å². The summed E-state index contributed by atoms with van der Waals surface area (Å²) in [5, 5.41) is 10.0. The van der Waals surface area contributed by atoms with E-state index in [1.165, 1.54) is 0 Å². The first-order valence-electron chi connectivity index (χ1n) is 6.78. The van der Waals surface area contributed by atoms with Crippen LogP contribution in [0.3, 0.4) is 0 Å². The second-order valence-electron chi connectivity index (χ2n) is 4.87. The lowest BCUT2D eigenvalue weighted by Gasteiger charge is -2.08. The molecule has 0 saturated carbocycles. The van der Waals surface area contributed by atoms with Crippen LogP contribution in [0.2, 0.25) is 0 Å². The van der Waals surface area contributed by atoms with Gasteiger partial charge in [0.1, 0.15) is 23.8 Å². The molecule has 0 aliphatic rings. The number of halogens is 2. The van der Waals surface area contributed by atoms with Crippen LogP contribution < -0.4 is 5.32 Å². The highest BCUT2D eigenvalue weighted by atomic mass is 19.1. The first-order valence-corrected chi connectivity index (χ1v) is 6.78. The summed E-state index contributed by atoms with van der Waals surface area (Å²) < 4.78 is 28.4. The fraction of sp³-hybridized carbons (Fsp3) is 0.0625. The maximum absolute atomic E-state index is 13.5. The number of nitrogens with zero attached hydrogens (tertiary/aromatic N) is 3. The Labute approximate surface area is 130 Å². The minimum absolute atomic E-state index is 0.200. The van der Waals surface area contributed by atoms with Gasteiger partial charge in [0.05, 0.1) is 5.69 Å². The summed E-state index contributed by atoms with van der Waals surface area (Å²) >= 11 is 0. The molecule has 0 fully saturated rings. The van der Waals surface area contributed by atoms with Crippen molar-refractivity contribution in [3.05, 3.63) is 71.8 Å². The minimum Gasteiger partial charge on any atom is -0.319 e. The van der Waals surface area contributed by atoms with Crippen LogP contribution in [0, 0.1) is 18.6 Å². The predicted octanol–water partition coefficient (Wildman–Crippen LogP) is 3.11. The molecule has 23 heavy (non-hydrogen) atoms. The molecule has 2 aromatic carbocycles.